The molecular formula is C13H20N4O2S. The monoisotopic (exact) mass is 296 g/mol. The molecule has 7 heteroatoms. The van der Waals surface area contributed by atoms with Crippen LogP contribution in [0.2, 0.25) is 0 Å². The van der Waals surface area contributed by atoms with Crippen molar-refractivity contribution in [3.63, 3.8) is 0 Å². The molecule has 6 nitrogen and oxygen atoms in total. The molecule has 0 amide bonds. The standard InChI is InChI=1S/C13H20N4O2S/c14-15-10-3-5-11(6-4-10)20(18,19)16-12-7-9-17-8-1-2-13(12)17/h3-6,12-13,15-16H,1-2,7-9,14H2. The summed E-state index contributed by atoms with van der Waals surface area (Å²) < 4.78 is 27.6. The first-order chi connectivity index (χ1) is 9.60. The molecule has 0 radical (unpaired) electrons. The van der Waals surface area contributed by atoms with Crippen LogP contribution < -0.4 is 16.0 Å². The predicted molar refractivity (Wildman–Crippen MR) is 77.6 cm³/mol. The third-order valence-electron chi connectivity index (χ3n) is 4.24. The smallest absolute Gasteiger partial charge is 0.240 e. The van der Waals surface area contributed by atoms with E-state index in [2.05, 4.69) is 15.0 Å². The van der Waals surface area contributed by atoms with Crippen molar-refractivity contribution in [2.24, 2.45) is 5.84 Å². The summed E-state index contributed by atoms with van der Waals surface area (Å²) in [6, 6.07) is 6.86. The van der Waals surface area contributed by atoms with Gasteiger partial charge in [-0.3, -0.25) is 10.7 Å². The summed E-state index contributed by atoms with van der Waals surface area (Å²) in [5.41, 5.74) is 3.17. The maximum atomic E-state index is 12.4. The largest absolute Gasteiger partial charge is 0.324 e. The number of anilines is 1. The van der Waals surface area contributed by atoms with Gasteiger partial charge in [0.25, 0.3) is 0 Å². The Morgan fingerprint density at radius 1 is 1.15 bits per heavy atom. The molecule has 0 aliphatic carbocycles. The first kappa shape index (κ1) is 13.8. The molecule has 4 N–H and O–H groups in total. The van der Waals surface area contributed by atoms with Crippen LogP contribution in [0.4, 0.5) is 5.69 Å². The second kappa shape index (κ2) is 5.33. The molecule has 0 bridgehead atoms. The summed E-state index contributed by atoms with van der Waals surface area (Å²) in [6.45, 7) is 2.09. The van der Waals surface area contributed by atoms with Crippen molar-refractivity contribution in [3.05, 3.63) is 24.3 Å². The highest BCUT2D eigenvalue weighted by Crippen LogP contribution is 2.29. The van der Waals surface area contributed by atoms with E-state index < -0.39 is 10.0 Å². The lowest BCUT2D eigenvalue weighted by Crippen LogP contribution is -2.42. The summed E-state index contributed by atoms with van der Waals surface area (Å²) in [6.07, 6.45) is 3.15. The van der Waals surface area contributed by atoms with Crippen molar-refractivity contribution in [3.8, 4) is 0 Å². The Hall–Kier alpha value is -1.15. The summed E-state index contributed by atoms with van der Waals surface area (Å²) in [5, 5.41) is 0. The number of fused-ring (bicyclic) bond motifs is 1. The van der Waals surface area contributed by atoms with Crippen molar-refractivity contribution < 1.29 is 8.42 Å². The number of hydrazine groups is 1. The van der Waals surface area contributed by atoms with Crippen LogP contribution in [0.15, 0.2) is 29.2 Å². The molecular weight excluding hydrogens is 276 g/mol. The summed E-state index contributed by atoms with van der Waals surface area (Å²) in [5.74, 6) is 5.28. The molecule has 1 aromatic rings. The van der Waals surface area contributed by atoms with Gasteiger partial charge in [0.1, 0.15) is 0 Å². The fraction of sp³-hybridized carbons (Fsp3) is 0.538. The molecule has 2 aliphatic rings. The summed E-state index contributed by atoms with van der Waals surface area (Å²) >= 11 is 0. The van der Waals surface area contributed by atoms with E-state index in [1.165, 1.54) is 6.42 Å². The van der Waals surface area contributed by atoms with E-state index in [0.717, 1.165) is 25.9 Å². The van der Waals surface area contributed by atoms with Crippen LogP contribution in [0, 0.1) is 0 Å². The molecule has 0 saturated carbocycles. The van der Waals surface area contributed by atoms with E-state index >= 15 is 0 Å². The van der Waals surface area contributed by atoms with E-state index in [-0.39, 0.29) is 10.9 Å². The lowest BCUT2D eigenvalue weighted by molar-refractivity contribution is 0.309. The zero-order valence-electron chi connectivity index (χ0n) is 11.2. The third kappa shape index (κ3) is 2.54. The number of rotatable bonds is 4. The predicted octanol–water partition coefficient (Wildman–Crippen LogP) is 0.487. The fourth-order valence-electron chi connectivity index (χ4n) is 3.22. The number of benzene rings is 1. The Labute approximate surface area is 119 Å². The van der Waals surface area contributed by atoms with Crippen molar-refractivity contribution >= 4 is 15.7 Å². The minimum atomic E-state index is -3.45. The first-order valence-electron chi connectivity index (χ1n) is 6.93. The highest BCUT2D eigenvalue weighted by molar-refractivity contribution is 7.89. The van der Waals surface area contributed by atoms with Crippen LogP contribution >= 0.6 is 0 Å². The minimum absolute atomic E-state index is 0.0369. The van der Waals surface area contributed by atoms with E-state index in [0.29, 0.717) is 11.7 Å². The maximum Gasteiger partial charge on any atom is 0.240 e. The molecule has 2 atom stereocenters. The minimum Gasteiger partial charge on any atom is -0.324 e. The van der Waals surface area contributed by atoms with Crippen LogP contribution in [-0.2, 0) is 10.0 Å². The van der Waals surface area contributed by atoms with Crippen molar-refractivity contribution in [1.29, 1.82) is 0 Å². The van der Waals surface area contributed by atoms with E-state index in [1.807, 2.05) is 0 Å². The van der Waals surface area contributed by atoms with Gasteiger partial charge in [-0.05, 0) is 50.1 Å². The second-order valence-corrected chi connectivity index (χ2v) is 7.14. The molecule has 2 aliphatic heterocycles. The average Bonchev–Trinajstić information content (AvgIpc) is 3.04. The Morgan fingerprint density at radius 2 is 1.90 bits per heavy atom. The van der Waals surface area contributed by atoms with E-state index in [1.54, 1.807) is 24.3 Å². The first-order valence-corrected chi connectivity index (χ1v) is 8.41. The highest BCUT2D eigenvalue weighted by atomic mass is 32.2. The van der Waals surface area contributed by atoms with Gasteiger partial charge in [-0.1, -0.05) is 0 Å². The van der Waals surface area contributed by atoms with Gasteiger partial charge in [-0.25, -0.2) is 13.1 Å². The maximum absolute atomic E-state index is 12.4. The molecule has 0 spiro atoms. The van der Waals surface area contributed by atoms with Gasteiger partial charge in [-0.2, -0.15) is 0 Å². The number of sulfonamides is 1. The highest BCUT2D eigenvalue weighted by Gasteiger charge is 2.39. The van der Waals surface area contributed by atoms with Crippen molar-refractivity contribution in [2.45, 2.75) is 36.2 Å². The van der Waals surface area contributed by atoms with Gasteiger partial charge in [-0.15, -0.1) is 0 Å². The number of nitrogens with zero attached hydrogens (tertiary/aromatic N) is 1. The normalized spacial score (nSPS) is 26.6. The molecule has 1 aromatic carbocycles. The number of nitrogens with one attached hydrogen (secondary N) is 2. The van der Waals surface area contributed by atoms with Gasteiger partial charge in [0, 0.05) is 24.3 Å². The van der Waals surface area contributed by atoms with Gasteiger partial charge in [0.2, 0.25) is 10.0 Å². The number of hydrogen-bond acceptors (Lipinski definition) is 5. The molecule has 2 heterocycles. The molecule has 2 unspecified atom stereocenters. The lowest BCUT2D eigenvalue weighted by Gasteiger charge is -2.21. The SMILES string of the molecule is NNc1ccc(S(=O)(=O)NC2CCN3CCCC23)cc1. The average molecular weight is 296 g/mol. The topological polar surface area (TPSA) is 87.5 Å². The quantitative estimate of drug-likeness (QED) is 0.556. The van der Waals surface area contributed by atoms with Gasteiger partial charge < -0.3 is 5.43 Å². The summed E-state index contributed by atoms with van der Waals surface area (Å²) in [4.78, 5) is 2.67. The Morgan fingerprint density at radius 3 is 2.60 bits per heavy atom. The van der Waals surface area contributed by atoms with Crippen LogP contribution in [-0.4, -0.2) is 38.5 Å². The van der Waals surface area contributed by atoms with Crippen molar-refractivity contribution in [1.82, 2.24) is 9.62 Å². The van der Waals surface area contributed by atoms with Crippen LogP contribution in [0.1, 0.15) is 19.3 Å². The van der Waals surface area contributed by atoms with Crippen LogP contribution in [0.25, 0.3) is 0 Å². The Bertz CT molecular complexity index is 573. The molecule has 2 saturated heterocycles. The van der Waals surface area contributed by atoms with Gasteiger partial charge in [0.15, 0.2) is 0 Å². The number of hydrogen-bond donors (Lipinski definition) is 3. The summed E-state index contributed by atoms with van der Waals surface area (Å²) in [7, 11) is -3.45. The van der Waals surface area contributed by atoms with Crippen LogP contribution in [0.3, 0.4) is 0 Å². The number of nitrogens with two attached hydrogens (primary N) is 1. The molecule has 110 valence electrons. The Balaban J connectivity index is 1.74. The Kier molecular flexibility index (Phi) is 3.68. The van der Waals surface area contributed by atoms with Gasteiger partial charge in [0.05, 0.1) is 4.90 Å². The van der Waals surface area contributed by atoms with Crippen molar-refractivity contribution in [2.75, 3.05) is 18.5 Å². The van der Waals surface area contributed by atoms with E-state index in [4.69, 9.17) is 5.84 Å². The number of nitrogen functional groups attached to an aromatic ring is 1. The molecule has 2 fully saturated rings. The zero-order chi connectivity index (χ0) is 14.2. The zero-order valence-corrected chi connectivity index (χ0v) is 12.1. The molecule has 0 aromatic heterocycles. The lowest BCUT2D eigenvalue weighted by atomic mass is 10.1. The van der Waals surface area contributed by atoms with Gasteiger partial charge >= 0.3 is 0 Å². The van der Waals surface area contributed by atoms with E-state index in [9.17, 15) is 8.42 Å². The second-order valence-electron chi connectivity index (χ2n) is 5.43. The fourth-order valence-corrected chi connectivity index (χ4v) is 4.52. The molecule has 3 rings (SSSR count). The molecule has 20 heavy (non-hydrogen) atoms. The van der Waals surface area contributed by atoms with Crippen LogP contribution in [0.5, 0.6) is 0 Å². The third-order valence-corrected chi connectivity index (χ3v) is 5.75.